The van der Waals surface area contributed by atoms with Gasteiger partial charge in [-0.2, -0.15) is 5.26 Å². The summed E-state index contributed by atoms with van der Waals surface area (Å²) < 4.78 is 6.06. The van der Waals surface area contributed by atoms with Crippen LogP contribution in [0, 0.1) is 11.3 Å². The van der Waals surface area contributed by atoms with E-state index in [9.17, 15) is 5.26 Å². The zero-order valence-electron chi connectivity index (χ0n) is 14.2. The summed E-state index contributed by atoms with van der Waals surface area (Å²) >= 11 is 0. The third kappa shape index (κ3) is 3.96. The Hall–Kier alpha value is -2.31. The van der Waals surface area contributed by atoms with E-state index >= 15 is 0 Å². The van der Waals surface area contributed by atoms with Crippen LogP contribution in [0.15, 0.2) is 48.5 Å². The van der Waals surface area contributed by atoms with Crippen molar-refractivity contribution in [3.63, 3.8) is 0 Å². The topological polar surface area (TPSA) is 36.3 Å². The van der Waals surface area contributed by atoms with Crippen molar-refractivity contribution in [2.24, 2.45) is 0 Å². The second-order valence-corrected chi connectivity index (χ2v) is 6.49. The first-order chi connectivity index (χ1) is 11.8. The van der Waals surface area contributed by atoms with Gasteiger partial charge in [0.15, 0.2) is 0 Å². The highest BCUT2D eigenvalue weighted by atomic mass is 16.5. The lowest BCUT2D eigenvalue weighted by atomic mass is 9.96. The van der Waals surface area contributed by atoms with Crippen LogP contribution in [0.2, 0.25) is 0 Å². The Morgan fingerprint density at radius 2 is 1.83 bits per heavy atom. The van der Waals surface area contributed by atoms with Crippen molar-refractivity contribution in [3.8, 4) is 17.6 Å². The van der Waals surface area contributed by atoms with Gasteiger partial charge in [0.1, 0.15) is 17.6 Å². The molecule has 124 valence electrons. The Kier molecular flexibility index (Phi) is 5.51. The molecule has 1 saturated heterocycles. The summed E-state index contributed by atoms with van der Waals surface area (Å²) in [5, 5.41) is 9.23. The predicted molar refractivity (Wildman–Crippen MR) is 96.3 cm³/mol. The van der Waals surface area contributed by atoms with E-state index in [1.165, 1.54) is 31.4 Å². The highest BCUT2D eigenvalue weighted by Gasteiger charge is 2.19. The maximum atomic E-state index is 9.23. The summed E-state index contributed by atoms with van der Waals surface area (Å²) in [5.41, 5.74) is 1.78. The fourth-order valence-electron chi connectivity index (χ4n) is 3.41. The summed E-state index contributed by atoms with van der Waals surface area (Å²) in [6, 6.07) is 18.4. The lowest BCUT2D eigenvalue weighted by molar-refractivity contribution is 0.176. The summed E-state index contributed by atoms with van der Waals surface area (Å²) in [6.45, 7) is 1.21. The van der Waals surface area contributed by atoms with Crippen molar-refractivity contribution in [2.45, 2.75) is 38.1 Å². The Labute approximate surface area is 144 Å². The number of likely N-dealkylation sites (tertiary alicyclic amines) is 1. The van der Waals surface area contributed by atoms with Gasteiger partial charge >= 0.3 is 0 Å². The molecule has 1 atom stereocenters. The van der Waals surface area contributed by atoms with Crippen LogP contribution in [0.25, 0.3) is 0 Å². The summed E-state index contributed by atoms with van der Waals surface area (Å²) in [5.74, 6) is 1.49. The number of aryl methyl sites for hydroxylation is 1. The van der Waals surface area contributed by atoms with E-state index in [-0.39, 0.29) is 0 Å². The van der Waals surface area contributed by atoms with Gasteiger partial charge in [0.2, 0.25) is 0 Å². The molecule has 0 spiro atoms. The Morgan fingerprint density at radius 1 is 1.08 bits per heavy atom. The van der Waals surface area contributed by atoms with Crippen LogP contribution in [0.4, 0.5) is 0 Å². The zero-order valence-corrected chi connectivity index (χ0v) is 14.2. The van der Waals surface area contributed by atoms with Crippen molar-refractivity contribution < 1.29 is 4.74 Å². The number of rotatable bonds is 5. The molecule has 0 bridgehead atoms. The van der Waals surface area contributed by atoms with Gasteiger partial charge in [-0.05, 0) is 63.0 Å². The number of para-hydroxylation sites is 2. The number of hydrogen-bond donors (Lipinski definition) is 0. The predicted octanol–water partition coefficient (Wildman–Crippen LogP) is 4.77. The highest BCUT2D eigenvalue weighted by Crippen LogP contribution is 2.29. The van der Waals surface area contributed by atoms with Gasteiger partial charge in [-0.3, -0.25) is 0 Å². The van der Waals surface area contributed by atoms with Gasteiger partial charge in [-0.1, -0.05) is 36.8 Å². The SMILES string of the molecule is CN1CCCCC1CCc1ccccc1Oc1ccccc1C#N. The first kappa shape index (κ1) is 16.5. The molecule has 1 aliphatic rings. The van der Waals surface area contributed by atoms with Crippen LogP contribution < -0.4 is 4.74 Å². The number of nitriles is 1. The maximum absolute atomic E-state index is 9.23. The van der Waals surface area contributed by atoms with Crippen molar-refractivity contribution in [1.29, 1.82) is 5.26 Å². The molecule has 0 saturated carbocycles. The normalized spacial score (nSPS) is 18.1. The molecule has 1 fully saturated rings. The van der Waals surface area contributed by atoms with Crippen LogP contribution in [-0.2, 0) is 6.42 Å². The van der Waals surface area contributed by atoms with Crippen LogP contribution in [0.3, 0.4) is 0 Å². The van der Waals surface area contributed by atoms with Crippen LogP contribution in [-0.4, -0.2) is 24.5 Å². The van der Waals surface area contributed by atoms with Gasteiger partial charge in [-0.25, -0.2) is 0 Å². The summed E-state index contributed by atoms with van der Waals surface area (Å²) in [4.78, 5) is 2.48. The number of benzene rings is 2. The van der Waals surface area contributed by atoms with E-state index in [1.54, 1.807) is 6.07 Å². The number of piperidine rings is 1. The maximum Gasteiger partial charge on any atom is 0.145 e. The van der Waals surface area contributed by atoms with E-state index in [4.69, 9.17) is 4.74 Å². The van der Waals surface area contributed by atoms with Gasteiger partial charge in [-0.15, -0.1) is 0 Å². The fourth-order valence-corrected chi connectivity index (χ4v) is 3.41. The van der Waals surface area contributed by atoms with Crippen LogP contribution >= 0.6 is 0 Å². The molecular weight excluding hydrogens is 296 g/mol. The molecule has 2 aromatic rings. The molecule has 1 heterocycles. The molecule has 1 unspecified atom stereocenters. The lowest BCUT2D eigenvalue weighted by Crippen LogP contribution is -2.36. The molecule has 0 amide bonds. The lowest BCUT2D eigenvalue weighted by Gasteiger charge is -2.32. The zero-order chi connectivity index (χ0) is 16.8. The molecule has 3 heteroatoms. The first-order valence-corrected chi connectivity index (χ1v) is 8.73. The number of nitrogens with zero attached hydrogens (tertiary/aromatic N) is 2. The standard InChI is InChI=1S/C21H24N2O/c1-23-15-7-6-10-19(23)14-13-17-8-2-4-11-20(17)24-21-12-5-3-9-18(21)16-22/h2-5,8-9,11-12,19H,6-7,10,13-15H2,1H3. The van der Waals surface area contributed by atoms with Crippen molar-refractivity contribution in [3.05, 3.63) is 59.7 Å². The molecule has 24 heavy (non-hydrogen) atoms. The average molecular weight is 320 g/mol. The second kappa shape index (κ2) is 7.99. The van der Waals surface area contributed by atoms with Crippen LogP contribution in [0.5, 0.6) is 11.5 Å². The summed E-state index contributed by atoms with van der Waals surface area (Å²) in [7, 11) is 2.23. The molecular formula is C21H24N2O. The minimum absolute atomic E-state index is 0.569. The number of ether oxygens (including phenoxy) is 1. The van der Waals surface area contributed by atoms with Crippen molar-refractivity contribution in [1.82, 2.24) is 4.90 Å². The molecule has 3 rings (SSSR count). The molecule has 2 aromatic carbocycles. The van der Waals surface area contributed by atoms with E-state index in [0.29, 0.717) is 17.4 Å². The minimum atomic E-state index is 0.569. The Bertz CT molecular complexity index is 720. The monoisotopic (exact) mass is 320 g/mol. The molecule has 0 N–H and O–H groups in total. The number of hydrogen-bond acceptors (Lipinski definition) is 3. The quantitative estimate of drug-likeness (QED) is 0.796. The fraction of sp³-hybridized carbons (Fsp3) is 0.381. The van der Waals surface area contributed by atoms with Gasteiger partial charge in [0.25, 0.3) is 0 Å². The molecule has 3 nitrogen and oxygen atoms in total. The molecule has 0 radical (unpaired) electrons. The van der Waals surface area contributed by atoms with E-state index in [0.717, 1.165) is 18.6 Å². The van der Waals surface area contributed by atoms with Crippen molar-refractivity contribution in [2.75, 3.05) is 13.6 Å². The first-order valence-electron chi connectivity index (χ1n) is 8.73. The molecule has 1 aliphatic heterocycles. The van der Waals surface area contributed by atoms with Gasteiger partial charge in [0.05, 0.1) is 5.56 Å². The Balaban J connectivity index is 1.72. The second-order valence-electron chi connectivity index (χ2n) is 6.49. The summed E-state index contributed by atoms with van der Waals surface area (Å²) in [6.07, 6.45) is 6.09. The third-order valence-corrected chi connectivity index (χ3v) is 4.87. The smallest absolute Gasteiger partial charge is 0.145 e. The third-order valence-electron chi connectivity index (χ3n) is 4.87. The van der Waals surface area contributed by atoms with Crippen molar-refractivity contribution >= 4 is 0 Å². The van der Waals surface area contributed by atoms with Gasteiger partial charge in [0, 0.05) is 6.04 Å². The van der Waals surface area contributed by atoms with E-state index in [2.05, 4.69) is 30.1 Å². The largest absolute Gasteiger partial charge is 0.456 e. The molecule has 0 aromatic heterocycles. The van der Waals surface area contributed by atoms with Gasteiger partial charge < -0.3 is 9.64 Å². The molecule has 0 aliphatic carbocycles. The minimum Gasteiger partial charge on any atom is -0.456 e. The average Bonchev–Trinajstić information content (AvgIpc) is 2.62. The van der Waals surface area contributed by atoms with E-state index < -0.39 is 0 Å². The van der Waals surface area contributed by atoms with Crippen LogP contribution in [0.1, 0.15) is 36.8 Å². The van der Waals surface area contributed by atoms with E-state index in [1.807, 2.05) is 30.3 Å². The highest BCUT2D eigenvalue weighted by molar-refractivity contribution is 5.46. The Morgan fingerprint density at radius 3 is 2.62 bits per heavy atom.